The van der Waals surface area contributed by atoms with Gasteiger partial charge in [0.2, 0.25) is 0 Å². The predicted octanol–water partition coefficient (Wildman–Crippen LogP) is 4.56. The van der Waals surface area contributed by atoms with Crippen LogP contribution in [0.3, 0.4) is 0 Å². The lowest BCUT2D eigenvalue weighted by molar-refractivity contribution is -0.0322. The van der Waals surface area contributed by atoms with E-state index < -0.39 is 0 Å². The first-order valence-electron chi connectivity index (χ1n) is 10.9. The first-order chi connectivity index (χ1) is 15.6. The van der Waals surface area contributed by atoms with Crippen molar-refractivity contribution >= 4 is 38.4 Å². The molecule has 1 aromatic carbocycles. The highest BCUT2D eigenvalue weighted by Gasteiger charge is 2.30. The van der Waals surface area contributed by atoms with Crippen LogP contribution in [-0.2, 0) is 11.3 Å². The second kappa shape index (κ2) is 8.94. The van der Waals surface area contributed by atoms with Gasteiger partial charge in [-0.2, -0.15) is 0 Å². The molecule has 0 spiro atoms. The molecule has 1 amide bonds. The number of rotatable bonds is 5. The number of nitrogens with zero attached hydrogens (tertiary/aromatic N) is 3. The summed E-state index contributed by atoms with van der Waals surface area (Å²) in [4.78, 5) is 26.1. The molecule has 0 unspecified atom stereocenters. The van der Waals surface area contributed by atoms with Crippen LogP contribution < -0.4 is 5.32 Å². The van der Waals surface area contributed by atoms with E-state index in [0.717, 1.165) is 39.8 Å². The van der Waals surface area contributed by atoms with Crippen LogP contribution in [0.15, 0.2) is 54.9 Å². The zero-order valence-electron chi connectivity index (χ0n) is 18.2. The molecule has 1 saturated heterocycles. The van der Waals surface area contributed by atoms with Crippen molar-refractivity contribution in [1.29, 1.82) is 0 Å². The number of aromatic nitrogens is 2. The van der Waals surface area contributed by atoms with E-state index >= 15 is 0 Å². The van der Waals surface area contributed by atoms with E-state index in [0.29, 0.717) is 18.0 Å². The number of hydrogen-bond donors (Lipinski definition) is 1. The van der Waals surface area contributed by atoms with Gasteiger partial charge in [0.1, 0.15) is 9.71 Å². The van der Waals surface area contributed by atoms with E-state index in [-0.39, 0.29) is 18.1 Å². The van der Waals surface area contributed by atoms with Gasteiger partial charge in [0.15, 0.2) is 0 Å². The minimum Gasteiger partial charge on any atom is -0.371 e. The number of carbonyl (C=O) groups is 1. The third-order valence-electron chi connectivity index (χ3n) is 5.71. The Morgan fingerprint density at radius 1 is 1.19 bits per heavy atom. The number of morpholine rings is 1. The summed E-state index contributed by atoms with van der Waals surface area (Å²) in [5.74, 6) is -0.0584. The standard InChI is InChI=1S/C25H26N4O2S/c1-16(2)28-24(30)23-21(19-9-5-11-27-25(19)32-23)20-15-29(12-13-31-20)14-18-7-3-6-17-8-4-10-26-22(17)18/h3-11,16,20H,12-15H2,1-2H3,(H,28,30)/t20-/m1/s1. The molecule has 0 bridgehead atoms. The second-order valence-corrected chi connectivity index (χ2v) is 9.42. The predicted molar refractivity (Wildman–Crippen MR) is 128 cm³/mol. The summed E-state index contributed by atoms with van der Waals surface area (Å²) in [6, 6.07) is 14.4. The third kappa shape index (κ3) is 4.11. The normalized spacial score (nSPS) is 17.3. The quantitative estimate of drug-likeness (QED) is 0.487. The molecule has 5 rings (SSSR count). The monoisotopic (exact) mass is 446 g/mol. The molecule has 3 aromatic heterocycles. The number of para-hydroxylation sites is 1. The average Bonchev–Trinajstić information content (AvgIpc) is 3.19. The summed E-state index contributed by atoms with van der Waals surface area (Å²) in [6.07, 6.45) is 3.43. The Morgan fingerprint density at radius 2 is 2.00 bits per heavy atom. The maximum atomic E-state index is 13.0. The van der Waals surface area contributed by atoms with Gasteiger partial charge in [0.05, 0.1) is 18.2 Å². The second-order valence-electron chi connectivity index (χ2n) is 8.42. The maximum Gasteiger partial charge on any atom is 0.262 e. The Morgan fingerprint density at radius 3 is 2.88 bits per heavy atom. The molecule has 1 atom stereocenters. The van der Waals surface area contributed by atoms with Gasteiger partial charge in [0, 0.05) is 54.4 Å². The lowest BCUT2D eigenvalue weighted by Gasteiger charge is -2.33. The van der Waals surface area contributed by atoms with Crippen LogP contribution in [0, 0.1) is 0 Å². The van der Waals surface area contributed by atoms with Crippen LogP contribution in [0.1, 0.15) is 40.8 Å². The number of amides is 1. The van der Waals surface area contributed by atoms with E-state index in [9.17, 15) is 4.79 Å². The van der Waals surface area contributed by atoms with Crippen molar-refractivity contribution in [1.82, 2.24) is 20.2 Å². The van der Waals surface area contributed by atoms with E-state index in [1.807, 2.05) is 38.2 Å². The van der Waals surface area contributed by atoms with Crippen LogP contribution in [-0.4, -0.2) is 46.5 Å². The Balaban J connectivity index is 1.46. The molecule has 4 heterocycles. The van der Waals surface area contributed by atoms with Crippen LogP contribution in [0.5, 0.6) is 0 Å². The van der Waals surface area contributed by atoms with E-state index in [2.05, 4.69) is 44.5 Å². The first kappa shape index (κ1) is 21.0. The minimum atomic E-state index is -0.183. The Hall–Kier alpha value is -2.87. The summed E-state index contributed by atoms with van der Waals surface area (Å²) in [5, 5.41) is 5.19. The Bertz CT molecular complexity index is 1260. The van der Waals surface area contributed by atoms with Crippen LogP contribution >= 0.6 is 11.3 Å². The summed E-state index contributed by atoms with van der Waals surface area (Å²) in [5.41, 5.74) is 3.20. The number of pyridine rings is 2. The fourth-order valence-corrected chi connectivity index (χ4v) is 5.42. The van der Waals surface area contributed by atoms with Gasteiger partial charge in [-0.1, -0.05) is 30.3 Å². The molecular formula is C25H26N4O2S. The molecule has 1 aliphatic rings. The number of thiophene rings is 1. The molecule has 0 saturated carbocycles. The van der Waals surface area contributed by atoms with E-state index in [1.165, 1.54) is 16.9 Å². The minimum absolute atomic E-state index is 0.0584. The first-order valence-corrected chi connectivity index (χ1v) is 11.8. The van der Waals surface area contributed by atoms with Crippen molar-refractivity contribution in [3.63, 3.8) is 0 Å². The topological polar surface area (TPSA) is 67.4 Å². The van der Waals surface area contributed by atoms with Gasteiger partial charge in [-0.05, 0) is 31.5 Å². The van der Waals surface area contributed by atoms with Crippen molar-refractivity contribution in [2.24, 2.45) is 0 Å². The SMILES string of the molecule is CC(C)NC(=O)c1sc2ncccc2c1[C@H]1CN(Cc2cccc3cccnc23)CCO1. The van der Waals surface area contributed by atoms with Gasteiger partial charge in [-0.3, -0.25) is 14.7 Å². The molecule has 0 radical (unpaired) electrons. The number of benzene rings is 1. The number of fused-ring (bicyclic) bond motifs is 2. The molecule has 6 nitrogen and oxygen atoms in total. The van der Waals surface area contributed by atoms with Crippen LogP contribution in [0.25, 0.3) is 21.1 Å². The summed E-state index contributed by atoms with van der Waals surface area (Å²) in [6.45, 7) is 6.91. The molecule has 0 aliphatic carbocycles. The number of ether oxygens (including phenoxy) is 1. The summed E-state index contributed by atoms with van der Waals surface area (Å²) in [7, 11) is 0. The average molecular weight is 447 g/mol. The van der Waals surface area contributed by atoms with Gasteiger partial charge in [-0.15, -0.1) is 11.3 Å². The molecule has 1 aliphatic heterocycles. The van der Waals surface area contributed by atoms with Crippen molar-refractivity contribution < 1.29 is 9.53 Å². The third-order valence-corrected chi connectivity index (χ3v) is 6.84. The highest BCUT2D eigenvalue weighted by Crippen LogP contribution is 2.37. The van der Waals surface area contributed by atoms with E-state index in [1.54, 1.807) is 6.20 Å². The van der Waals surface area contributed by atoms with Gasteiger partial charge >= 0.3 is 0 Å². The Kier molecular flexibility index (Phi) is 5.87. The van der Waals surface area contributed by atoms with Crippen LogP contribution in [0.4, 0.5) is 0 Å². The van der Waals surface area contributed by atoms with Crippen molar-refractivity contribution in [3.05, 3.63) is 70.9 Å². The highest BCUT2D eigenvalue weighted by atomic mass is 32.1. The van der Waals surface area contributed by atoms with Crippen molar-refractivity contribution in [2.75, 3.05) is 19.7 Å². The van der Waals surface area contributed by atoms with Gasteiger partial charge in [0.25, 0.3) is 5.91 Å². The molecule has 4 aromatic rings. The van der Waals surface area contributed by atoms with Gasteiger partial charge in [-0.25, -0.2) is 4.98 Å². The Labute approximate surface area is 191 Å². The van der Waals surface area contributed by atoms with Crippen molar-refractivity contribution in [3.8, 4) is 0 Å². The number of nitrogens with one attached hydrogen (secondary N) is 1. The summed E-state index contributed by atoms with van der Waals surface area (Å²) >= 11 is 1.44. The lowest BCUT2D eigenvalue weighted by atomic mass is 10.0. The lowest BCUT2D eigenvalue weighted by Crippen LogP contribution is -2.38. The molecule has 1 N–H and O–H groups in total. The maximum absolute atomic E-state index is 13.0. The fraction of sp³-hybridized carbons (Fsp3) is 0.320. The molecular weight excluding hydrogens is 420 g/mol. The van der Waals surface area contributed by atoms with Crippen molar-refractivity contribution in [2.45, 2.75) is 32.5 Å². The molecule has 7 heteroatoms. The van der Waals surface area contributed by atoms with E-state index in [4.69, 9.17) is 4.74 Å². The summed E-state index contributed by atoms with van der Waals surface area (Å²) < 4.78 is 6.22. The zero-order valence-corrected chi connectivity index (χ0v) is 19.1. The zero-order chi connectivity index (χ0) is 22.1. The smallest absolute Gasteiger partial charge is 0.262 e. The molecule has 164 valence electrons. The molecule has 32 heavy (non-hydrogen) atoms. The molecule has 1 fully saturated rings. The van der Waals surface area contributed by atoms with Crippen LogP contribution in [0.2, 0.25) is 0 Å². The number of hydrogen-bond acceptors (Lipinski definition) is 6. The number of carbonyl (C=O) groups excluding carboxylic acids is 1. The van der Waals surface area contributed by atoms with Gasteiger partial charge < -0.3 is 10.1 Å². The fourth-order valence-electron chi connectivity index (χ4n) is 4.32. The largest absolute Gasteiger partial charge is 0.371 e. The highest BCUT2D eigenvalue weighted by molar-refractivity contribution is 7.20.